The maximum absolute atomic E-state index is 4.73. The quantitative estimate of drug-likeness (QED) is 0.433. The molecule has 1 aromatic carbocycles. The van der Waals surface area contributed by atoms with Crippen LogP contribution in [0.2, 0.25) is 0 Å². The first-order chi connectivity index (χ1) is 14.4. The van der Waals surface area contributed by atoms with E-state index in [1.807, 2.05) is 64.7 Å². The largest absolute Gasteiger partial charge is 0.364 e. The molecule has 2 N–H and O–H groups in total. The zero-order valence-electron chi connectivity index (χ0n) is 15.4. The maximum atomic E-state index is 4.73. The minimum absolute atomic E-state index is 0.509. The molecule has 0 saturated heterocycles. The van der Waals surface area contributed by atoms with Crippen molar-refractivity contribution < 1.29 is 0 Å². The van der Waals surface area contributed by atoms with Crippen LogP contribution in [0.3, 0.4) is 0 Å². The van der Waals surface area contributed by atoms with Gasteiger partial charge in [0.05, 0.1) is 5.69 Å². The van der Waals surface area contributed by atoms with Crippen LogP contribution < -0.4 is 10.6 Å². The summed E-state index contributed by atoms with van der Waals surface area (Å²) in [6.07, 6.45) is 5.37. The molecule has 8 heteroatoms. The molecule has 29 heavy (non-hydrogen) atoms. The maximum Gasteiger partial charge on any atom is 0.231 e. The molecule has 5 aromatic rings. The molecule has 142 valence electrons. The zero-order valence-corrected chi connectivity index (χ0v) is 16.2. The van der Waals surface area contributed by atoms with E-state index >= 15 is 0 Å². The Balaban J connectivity index is 1.56. The number of imidazole rings is 1. The van der Waals surface area contributed by atoms with Gasteiger partial charge in [0.1, 0.15) is 6.33 Å². The summed E-state index contributed by atoms with van der Waals surface area (Å²) in [6.45, 7) is 0.593. The van der Waals surface area contributed by atoms with Crippen LogP contribution in [0.1, 0.15) is 5.56 Å². The van der Waals surface area contributed by atoms with E-state index in [1.165, 1.54) is 0 Å². The number of fused-ring (bicyclic) bond motifs is 1. The van der Waals surface area contributed by atoms with Gasteiger partial charge in [-0.15, -0.1) is 0 Å². The third-order valence-corrected chi connectivity index (χ3v) is 5.06. The van der Waals surface area contributed by atoms with Crippen molar-refractivity contribution in [2.75, 3.05) is 10.6 Å². The molecular weight excluding hydrogens is 382 g/mol. The predicted molar refractivity (Wildman–Crippen MR) is 116 cm³/mol. The van der Waals surface area contributed by atoms with E-state index in [0.717, 1.165) is 28.1 Å². The standard InChI is InChI=1S/C21H17N7S/c1-2-6-16(7-3-1)25-21-26-19(23-12-15-5-4-9-22-11-15)18-20(27-21)28(14-24-18)17-8-10-29-13-17/h1-11,13-14H,12H2,(H2,23,25,26,27). The molecule has 0 radical (unpaired) electrons. The second-order valence-electron chi connectivity index (χ2n) is 6.37. The number of pyridine rings is 1. The second kappa shape index (κ2) is 7.69. The third kappa shape index (κ3) is 3.65. The van der Waals surface area contributed by atoms with Gasteiger partial charge in [0.2, 0.25) is 5.95 Å². The van der Waals surface area contributed by atoms with Crippen molar-refractivity contribution in [3.8, 4) is 5.69 Å². The van der Waals surface area contributed by atoms with Crippen molar-refractivity contribution in [1.29, 1.82) is 0 Å². The Bertz CT molecular complexity index is 1220. The summed E-state index contributed by atoms with van der Waals surface area (Å²) >= 11 is 1.63. The van der Waals surface area contributed by atoms with E-state index < -0.39 is 0 Å². The molecule has 0 saturated carbocycles. The molecule has 0 aliphatic rings. The minimum Gasteiger partial charge on any atom is -0.364 e. The Labute approximate surface area is 171 Å². The Morgan fingerprint density at radius 2 is 1.93 bits per heavy atom. The topological polar surface area (TPSA) is 80.5 Å². The average molecular weight is 399 g/mol. The van der Waals surface area contributed by atoms with Crippen LogP contribution in [-0.4, -0.2) is 24.5 Å². The molecule has 0 unspecified atom stereocenters. The number of hydrogen-bond donors (Lipinski definition) is 2. The zero-order chi connectivity index (χ0) is 19.5. The predicted octanol–water partition coefficient (Wildman–Crippen LogP) is 4.63. The summed E-state index contributed by atoms with van der Waals surface area (Å²) in [7, 11) is 0. The van der Waals surface area contributed by atoms with Gasteiger partial charge >= 0.3 is 0 Å². The molecule has 4 aromatic heterocycles. The fourth-order valence-corrected chi connectivity index (χ4v) is 3.63. The number of nitrogens with zero attached hydrogens (tertiary/aromatic N) is 5. The Hall–Kier alpha value is -3.78. The van der Waals surface area contributed by atoms with E-state index in [2.05, 4.69) is 31.0 Å². The summed E-state index contributed by atoms with van der Waals surface area (Å²) in [5, 5.41) is 10.8. The van der Waals surface area contributed by atoms with Gasteiger partial charge in [-0.25, -0.2) is 4.98 Å². The third-order valence-electron chi connectivity index (χ3n) is 4.39. The fourth-order valence-electron chi connectivity index (χ4n) is 3.00. The first kappa shape index (κ1) is 17.3. The van der Waals surface area contributed by atoms with Gasteiger partial charge in [0.15, 0.2) is 17.0 Å². The van der Waals surface area contributed by atoms with Gasteiger partial charge in [-0.3, -0.25) is 9.55 Å². The Kier molecular flexibility index (Phi) is 4.59. The van der Waals surface area contributed by atoms with E-state index in [4.69, 9.17) is 4.98 Å². The lowest BCUT2D eigenvalue weighted by atomic mass is 10.3. The molecule has 0 aliphatic carbocycles. The molecular formula is C21H17N7S. The van der Waals surface area contributed by atoms with Crippen LogP contribution in [0, 0.1) is 0 Å². The van der Waals surface area contributed by atoms with Crippen molar-refractivity contribution in [1.82, 2.24) is 24.5 Å². The van der Waals surface area contributed by atoms with Crippen molar-refractivity contribution >= 4 is 40.0 Å². The van der Waals surface area contributed by atoms with Gasteiger partial charge < -0.3 is 10.6 Å². The molecule has 0 atom stereocenters. The Morgan fingerprint density at radius 3 is 2.72 bits per heavy atom. The van der Waals surface area contributed by atoms with Gasteiger partial charge in [0.25, 0.3) is 0 Å². The highest BCUT2D eigenvalue weighted by atomic mass is 32.1. The highest BCUT2D eigenvalue weighted by Gasteiger charge is 2.15. The van der Waals surface area contributed by atoms with Crippen LogP contribution >= 0.6 is 11.3 Å². The van der Waals surface area contributed by atoms with Crippen molar-refractivity contribution in [2.24, 2.45) is 0 Å². The normalized spacial score (nSPS) is 10.9. The molecule has 4 heterocycles. The lowest BCUT2D eigenvalue weighted by Crippen LogP contribution is -2.06. The van der Waals surface area contributed by atoms with E-state index in [9.17, 15) is 0 Å². The number of aromatic nitrogens is 5. The van der Waals surface area contributed by atoms with Crippen LogP contribution in [0.5, 0.6) is 0 Å². The first-order valence-electron chi connectivity index (χ1n) is 9.09. The molecule has 7 nitrogen and oxygen atoms in total. The lowest BCUT2D eigenvalue weighted by molar-refractivity contribution is 1.06. The summed E-state index contributed by atoms with van der Waals surface area (Å²) in [5.41, 5.74) is 4.48. The van der Waals surface area contributed by atoms with Crippen molar-refractivity contribution in [2.45, 2.75) is 6.54 Å². The van der Waals surface area contributed by atoms with Gasteiger partial charge in [0, 0.05) is 30.0 Å². The van der Waals surface area contributed by atoms with Crippen molar-refractivity contribution in [3.05, 3.63) is 83.6 Å². The summed E-state index contributed by atoms with van der Waals surface area (Å²) in [6, 6.07) is 15.9. The number of benzene rings is 1. The molecule has 0 fully saturated rings. The van der Waals surface area contributed by atoms with E-state index in [1.54, 1.807) is 23.9 Å². The molecule has 0 aliphatic heterocycles. The van der Waals surface area contributed by atoms with Gasteiger partial charge in [-0.05, 0) is 35.2 Å². The molecule has 0 bridgehead atoms. The molecule has 5 rings (SSSR count). The highest BCUT2D eigenvalue weighted by molar-refractivity contribution is 7.08. The SMILES string of the molecule is c1ccc(Nc2nc(NCc3cccnc3)c3ncn(-c4ccsc4)c3n2)cc1. The van der Waals surface area contributed by atoms with Gasteiger partial charge in [-0.1, -0.05) is 24.3 Å². The van der Waals surface area contributed by atoms with Crippen LogP contribution in [0.25, 0.3) is 16.9 Å². The van der Waals surface area contributed by atoms with E-state index in [-0.39, 0.29) is 0 Å². The first-order valence-corrected chi connectivity index (χ1v) is 10.0. The summed E-state index contributed by atoms with van der Waals surface area (Å²) in [4.78, 5) is 18.2. The second-order valence-corrected chi connectivity index (χ2v) is 7.15. The average Bonchev–Trinajstić information content (AvgIpc) is 3.43. The van der Waals surface area contributed by atoms with Crippen LogP contribution in [-0.2, 0) is 6.54 Å². The number of rotatable bonds is 6. The minimum atomic E-state index is 0.509. The fraction of sp³-hybridized carbons (Fsp3) is 0.0476. The van der Waals surface area contributed by atoms with Crippen molar-refractivity contribution in [3.63, 3.8) is 0 Å². The molecule has 0 amide bonds. The molecule has 0 spiro atoms. The number of anilines is 3. The van der Waals surface area contributed by atoms with Crippen LogP contribution in [0.15, 0.2) is 78.0 Å². The van der Waals surface area contributed by atoms with Crippen LogP contribution in [0.4, 0.5) is 17.5 Å². The number of para-hydroxylation sites is 1. The summed E-state index contributed by atoms with van der Waals surface area (Å²) in [5.74, 6) is 1.18. The lowest BCUT2D eigenvalue weighted by Gasteiger charge is -2.10. The summed E-state index contributed by atoms with van der Waals surface area (Å²) < 4.78 is 1.97. The van der Waals surface area contributed by atoms with E-state index in [0.29, 0.717) is 18.3 Å². The number of hydrogen-bond acceptors (Lipinski definition) is 7. The number of nitrogens with one attached hydrogen (secondary N) is 2. The highest BCUT2D eigenvalue weighted by Crippen LogP contribution is 2.26. The monoisotopic (exact) mass is 399 g/mol. The van der Waals surface area contributed by atoms with Gasteiger partial charge in [-0.2, -0.15) is 21.3 Å². The smallest absolute Gasteiger partial charge is 0.231 e. The Morgan fingerprint density at radius 1 is 1.00 bits per heavy atom. The number of thiophene rings is 1.